The predicted molar refractivity (Wildman–Crippen MR) is 179 cm³/mol. The summed E-state index contributed by atoms with van der Waals surface area (Å²) in [5, 5.41) is 5.11. The molecule has 0 N–H and O–H groups in total. The zero-order valence-electron chi connectivity index (χ0n) is 26.3. The molecule has 0 spiro atoms. The molecule has 6 rings (SSSR count). The third-order valence-electron chi connectivity index (χ3n) is 9.09. The Morgan fingerprint density at radius 2 is 1.27 bits per heavy atom. The average molecular weight is 540 g/mol. The fourth-order valence-corrected chi connectivity index (χ4v) is 7.24. The number of allylic oxidation sites excluding steroid dienone is 7. The highest BCUT2D eigenvalue weighted by atomic mass is 15.2. The van der Waals surface area contributed by atoms with E-state index in [0.29, 0.717) is 0 Å². The quantitative estimate of drug-likeness (QED) is 0.225. The Morgan fingerprint density at radius 1 is 0.683 bits per heavy atom. The fourth-order valence-electron chi connectivity index (χ4n) is 7.24. The van der Waals surface area contributed by atoms with Crippen LogP contribution in [0.2, 0.25) is 0 Å². The average Bonchev–Trinajstić information content (AvgIpc) is 3.32. The second kappa shape index (κ2) is 10.4. The second-order valence-electron chi connectivity index (χ2n) is 12.2. The first-order chi connectivity index (χ1) is 20.2. The standard InChI is InChI=1S/C39H42N2/c1-7-40-32-26-24-28-18-14-16-20-30(28)36(32)38(3,4)34(40)22-12-10-9-11-13-23-35-39(5,6)37-31-21-17-15-19-29(31)25-27-33(37)41(35)8-2/h9-27,34H,7-8H2,1-6H3/b10-9+,13-11+,22-12+,35-23+/i34D. The highest BCUT2D eigenvalue weighted by Crippen LogP contribution is 2.51. The molecular weight excluding hydrogens is 496 g/mol. The topological polar surface area (TPSA) is 6.48 Å². The lowest BCUT2D eigenvalue weighted by molar-refractivity contribution is 0.481. The van der Waals surface area contributed by atoms with Gasteiger partial charge in [0.05, 0.1) is 7.39 Å². The van der Waals surface area contributed by atoms with Gasteiger partial charge in [-0.05, 0) is 64.7 Å². The van der Waals surface area contributed by atoms with Crippen molar-refractivity contribution >= 4 is 32.9 Å². The third-order valence-corrected chi connectivity index (χ3v) is 9.09. The Kier molecular flexibility index (Phi) is 6.58. The molecule has 0 saturated heterocycles. The number of hydrogen-bond donors (Lipinski definition) is 0. The molecule has 2 aliphatic rings. The van der Waals surface area contributed by atoms with Crippen LogP contribution in [-0.2, 0) is 10.8 Å². The van der Waals surface area contributed by atoms with Crippen molar-refractivity contribution < 1.29 is 1.37 Å². The Labute approximate surface area is 247 Å². The van der Waals surface area contributed by atoms with Crippen LogP contribution in [0, 0.1) is 0 Å². The smallest absolute Gasteiger partial charge is 0.0584 e. The number of rotatable bonds is 6. The number of nitrogens with zero attached hydrogens (tertiary/aromatic N) is 2. The molecule has 208 valence electrons. The van der Waals surface area contributed by atoms with Crippen LogP contribution in [0.4, 0.5) is 11.4 Å². The highest BCUT2D eigenvalue weighted by molar-refractivity contribution is 5.95. The van der Waals surface area contributed by atoms with E-state index >= 15 is 0 Å². The monoisotopic (exact) mass is 539 g/mol. The summed E-state index contributed by atoms with van der Waals surface area (Å²) in [5.41, 5.74) is 6.02. The molecule has 1 unspecified atom stereocenters. The van der Waals surface area contributed by atoms with E-state index in [-0.39, 0.29) is 10.8 Å². The van der Waals surface area contributed by atoms with Gasteiger partial charge in [0.15, 0.2) is 0 Å². The molecule has 4 aromatic rings. The SMILES string of the molecule is [2H]C1(/C=C/C=C/C=C/C=C2/N(CC)c3ccc4ccccc4c3C2(C)C)N(CC)c2ccc3ccccc3c2C1(C)C. The van der Waals surface area contributed by atoms with Crippen molar-refractivity contribution in [1.82, 2.24) is 0 Å². The molecule has 0 aromatic heterocycles. The van der Waals surface area contributed by atoms with Crippen LogP contribution in [0.25, 0.3) is 21.5 Å². The van der Waals surface area contributed by atoms with E-state index in [1.54, 1.807) is 0 Å². The zero-order chi connectivity index (χ0) is 29.7. The molecule has 0 aliphatic carbocycles. The highest BCUT2D eigenvalue weighted by Gasteiger charge is 2.43. The van der Waals surface area contributed by atoms with Gasteiger partial charge in [0.1, 0.15) is 0 Å². The van der Waals surface area contributed by atoms with E-state index in [9.17, 15) is 1.37 Å². The lowest BCUT2D eigenvalue weighted by atomic mass is 9.78. The van der Waals surface area contributed by atoms with Gasteiger partial charge in [-0.25, -0.2) is 0 Å². The molecule has 0 amide bonds. The van der Waals surface area contributed by atoms with Gasteiger partial charge in [-0.1, -0.05) is 125 Å². The largest absolute Gasteiger partial charge is 0.364 e. The number of anilines is 2. The van der Waals surface area contributed by atoms with Gasteiger partial charge in [0.2, 0.25) is 0 Å². The summed E-state index contributed by atoms with van der Waals surface area (Å²) in [5.74, 6) is 0. The molecule has 41 heavy (non-hydrogen) atoms. The first-order valence-electron chi connectivity index (χ1n) is 15.5. The number of likely N-dealkylation sites (N-methyl/N-ethyl adjacent to an activating group) is 2. The molecule has 2 heterocycles. The van der Waals surface area contributed by atoms with Crippen molar-refractivity contribution in [2.75, 3.05) is 22.9 Å². The minimum absolute atomic E-state index is 0.0887. The molecule has 0 radical (unpaired) electrons. The third kappa shape index (κ3) is 4.32. The number of benzene rings is 4. The van der Waals surface area contributed by atoms with Crippen LogP contribution >= 0.6 is 0 Å². The van der Waals surface area contributed by atoms with Gasteiger partial charge in [0, 0.05) is 41.0 Å². The second-order valence-corrected chi connectivity index (χ2v) is 12.2. The lowest BCUT2D eigenvalue weighted by Crippen LogP contribution is -2.39. The molecular formula is C39H42N2. The number of hydrogen-bond acceptors (Lipinski definition) is 2. The molecule has 1 atom stereocenters. The van der Waals surface area contributed by atoms with Crippen molar-refractivity contribution in [3.05, 3.63) is 132 Å². The summed E-state index contributed by atoms with van der Waals surface area (Å²) < 4.78 is 9.71. The molecule has 0 saturated carbocycles. The Morgan fingerprint density at radius 3 is 1.93 bits per heavy atom. The Balaban J connectivity index is 1.25. The minimum atomic E-state index is -0.881. The van der Waals surface area contributed by atoms with Crippen LogP contribution in [0.1, 0.15) is 54.0 Å². The van der Waals surface area contributed by atoms with Gasteiger partial charge in [-0.2, -0.15) is 0 Å². The summed E-state index contributed by atoms with van der Waals surface area (Å²) in [6.07, 6.45) is 14.7. The van der Waals surface area contributed by atoms with Gasteiger partial charge < -0.3 is 9.80 Å². The predicted octanol–water partition coefficient (Wildman–Crippen LogP) is 9.85. The van der Waals surface area contributed by atoms with Crippen molar-refractivity contribution in [2.45, 2.75) is 58.4 Å². The van der Waals surface area contributed by atoms with Crippen LogP contribution in [0.3, 0.4) is 0 Å². The summed E-state index contributed by atoms with van der Waals surface area (Å²) >= 11 is 0. The van der Waals surface area contributed by atoms with E-state index in [2.05, 4.69) is 161 Å². The van der Waals surface area contributed by atoms with Crippen molar-refractivity contribution in [1.29, 1.82) is 0 Å². The Bertz CT molecular complexity index is 1790. The molecule has 2 nitrogen and oxygen atoms in total. The Hall–Kier alpha value is -4.04. The maximum absolute atomic E-state index is 9.71. The van der Waals surface area contributed by atoms with Crippen LogP contribution in [0.15, 0.2) is 121 Å². The minimum Gasteiger partial charge on any atom is -0.364 e. The normalized spacial score (nSPS) is 22.6. The van der Waals surface area contributed by atoms with Crippen LogP contribution < -0.4 is 9.80 Å². The lowest BCUT2D eigenvalue weighted by Gasteiger charge is -2.31. The number of fused-ring (bicyclic) bond motifs is 6. The van der Waals surface area contributed by atoms with E-state index in [0.717, 1.165) is 13.1 Å². The maximum atomic E-state index is 9.71. The van der Waals surface area contributed by atoms with Gasteiger partial charge >= 0.3 is 0 Å². The van der Waals surface area contributed by atoms with E-state index in [4.69, 9.17) is 0 Å². The summed E-state index contributed by atoms with van der Waals surface area (Å²) in [6.45, 7) is 15.2. The first-order valence-corrected chi connectivity index (χ1v) is 15.0. The van der Waals surface area contributed by atoms with Gasteiger partial charge in [0.25, 0.3) is 0 Å². The first kappa shape index (κ1) is 25.9. The van der Waals surface area contributed by atoms with Gasteiger partial charge in [-0.15, -0.1) is 0 Å². The molecule has 4 aromatic carbocycles. The van der Waals surface area contributed by atoms with E-state index in [1.165, 1.54) is 49.7 Å². The van der Waals surface area contributed by atoms with Crippen LogP contribution in [0.5, 0.6) is 0 Å². The fraction of sp³-hybridized carbons (Fsp3) is 0.282. The van der Waals surface area contributed by atoms with Crippen molar-refractivity contribution in [3.8, 4) is 0 Å². The molecule has 2 aliphatic heterocycles. The van der Waals surface area contributed by atoms with E-state index < -0.39 is 6.02 Å². The van der Waals surface area contributed by atoms with E-state index in [1.807, 2.05) is 6.08 Å². The van der Waals surface area contributed by atoms with Gasteiger partial charge in [-0.3, -0.25) is 0 Å². The summed E-state index contributed by atoms with van der Waals surface area (Å²) in [7, 11) is 0. The molecule has 0 bridgehead atoms. The maximum Gasteiger partial charge on any atom is 0.0584 e. The molecule has 2 heteroatoms. The zero-order valence-corrected chi connectivity index (χ0v) is 25.3. The van der Waals surface area contributed by atoms with Crippen molar-refractivity contribution in [3.63, 3.8) is 0 Å². The van der Waals surface area contributed by atoms with Crippen LogP contribution in [-0.4, -0.2) is 19.1 Å². The molecule has 0 fully saturated rings. The van der Waals surface area contributed by atoms with Crippen molar-refractivity contribution in [2.24, 2.45) is 0 Å². The summed E-state index contributed by atoms with van der Waals surface area (Å²) in [6, 6.07) is 25.3. The summed E-state index contributed by atoms with van der Waals surface area (Å²) in [4.78, 5) is 4.69.